The minimum atomic E-state index is -3.34. The lowest BCUT2D eigenvalue weighted by molar-refractivity contribution is 0.273. The zero-order chi connectivity index (χ0) is 19.3. The summed E-state index contributed by atoms with van der Waals surface area (Å²) in [6.07, 6.45) is 4.31. The molecule has 0 spiro atoms. The van der Waals surface area contributed by atoms with Crippen LogP contribution in [0.4, 0.5) is 0 Å². The van der Waals surface area contributed by atoms with E-state index in [2.05, 4.69) is 24.1 Å². The summed E-state index contributed by atoms with van der Waals surface area (Å²) >= 11 is 0. The van der Waals surface area contributed by atoms with E-state index in [0.29, 0.717) is 24.5 Å². The molecule has 2 fully saturated rings. The second-order valence-corrected chi connectivity index (χ2v) is 9.53. The van der Waals surface area contributed by atoms with E-state index in [4.69, 9.17) is 4.99 Å². The van der Waals surface area contributed by atoms with Crippen molar-refractivity contribution in [2.75, 3.05) is 32.7 Å². The number of nitrogens with one attached hydrogen (secondary N) is 1. The van der Waals surface area contributed by atoms with Gasteiger partial charge in [-0.05, 0) is 56.2 Å². The Bertz CT molecular complexity index is 738. The second-order valence-electron chi connectivity index (χ2n) is 7.59. The van der Waals surface area contributed by atoms with E-state index in [1.165, 1.54) is 12.8 Å². The van der Waals surface area contributed by atoms with E-state index in [1.807, 2.05) is 12.1 Å². The normalized spacial score (nSPS) is 19.5. The van der Waals surface area contributed by atoms with Crippen molar-refractivity contribution in [3.05, 3.63) is 29.8 Å². The molecule has 2 saturated heterocycles. The minimum absolute atomic E-state index is 0. The standard InChI is InChI=1S/C20H32N4O2S.HI/c1-3-21-20(23-14-10-17(2)11-15-23)22-16-18-6-8-19(9-7-18)27(25,26)24-12-4-5-13-24;/h6-9,17H,3-5,10-16H2,1-2H3,(H,21,22);1H. The molecule has 0 aromatic heterocycles. The molecule has 6 nitrogen and oxygen atoms in total. The first kappa shape index (κ1) is 23.4. The lowest BCUT2D eigenvalue weighted by atomic mass is 10.00. The van der Waals surface area contributed by atoms with Crippen LogP contribution in [0.25, 0.3) is 0 Å². The summed E-state index contributed by atoms with van der Waals surface area (Å²) in [5.74, 6) is 1.74. The van der Waals surface area contributed by atoms with Gasteiger partial charge >= 0.3 is 0 Å². The molecule has 0 unspecified atom stereocenters. The van der Waals surface area contributed by atoms with Gasteiger partial charge in [-0.2, -0.15) is 4.31 Å². The van der Waals surface area contributed by atoms with Crippen molar-refractivity contribution in [1.29, 1.82) is 0 Å². The smallest absolute Gasteiger partial charge is 0.243 e. The molecule has 0 bridgehead atoms. The Morgan fingerprint density at radius 3 is 2.29 bits per heavy atom. The van der Waals surface area contributed by atoms with Gasteiger partial charge in [-0.15, -0.1) is 24.0 Å². The quantitative estimate of drug-likeness (QED) is 0.368. The number of halogens is 1. The second kappa shape index (κ2) is 10.8. The van der Waals surface area contributed by atoms with Crippen molar-refractivity contribution in [2.45, 2.75) is 51.0 Å². The van der Waals surface area contributed by atoms with E-state index in [-0.39, 0.29) is 24.0 Å². The molecule has 0 aliphatic carbocycles. The topological polar surface area (TPSA) is 65.0 Å². The Morgan fingerprint density at radius 2 is 1.71 bits per heavy atom. The molecule has 0 atom stereocenters. The molecule has 1 N–H and O–H groups in total. The van der Waals surface area contributed by atoms with Crippen molar-refractivity contribution >= 4 is 40.0 Å². The summed E-state index contributed by atoms with van der Waals surface area (Å²) in [5.41, 5.74) is 1.02. The van der Waals surface area contributed by atoms with Gasteiger partial charge < -0.3 is 10.2 Å². The Morgan fingerprint density at radius 1 is 1.11 bits per heavy atom. The van der Waals surface area contributed by atoms with Crippen LogP contribution in [0.1, 0.15) is 45.1 Å². The van der Waals surface area contributed by atoms with Gasteiger partial charge in [-0.25, -0.2) is 13.4 Å². The first-order chi connectivity index (χ1) is 13.0. The van der Waals surface area contributed by atoms with E-state index in [9.17, 15) is 8.42 Å². The Balaban J connectivity index is 0.00000280. The Kier molecular flexibility index (Phi) is 9.01. The molecule has 0 radical (unpaired) electrons. The van der Waals surface area contributed by atoms with Gasteiger partial charge in [0.2, 0.25) is 10.0 Å². The van der Waals surface area contributed by atoms with Crippen LogP contribution < -0.4 is 5.32 Å². The Hall–Kier alpha value is -0.870. The SMILES string of the molecule is CCNC(=NCc1ccc(S(=O)(=O)N2CCCC2)cc1)N1CCC(C)CC1.I. The van der Waals surface area contributed by atoms with Gasteiger partial charge in [0, 0.05) is 32.7 Å². The van der Waals surface area contributed by atoms with Crippen LogP contribution in [0, 0.1) is 5.92 Å². The average molecular weight is 520 g/mol. The molecule has 1 aromatic rings. The van der Waals surface area contributed by atoms with Crippen molar-refractivity contribution in [2.24, 2.45) is 10.9 Å². The number of aliphatic imine (C=N–C) groups is 1. The molecule has 0 saturated carbocycles. The highest BCUT2D eigenvalue weighted by molar-refractivity contribution is 14.0. The molecule has 2 heterocycles. The van der Waals surface area contributed by atoms with Crippen LogP contribution >= 0.6 is 24.0 Å². The Labute approximate surface area is 186 Å². The molecule has 158 valence electrons. The summed E-state index contributed by atoms with van der Waals surface area (Å²) < 4.78 is 26.8. The summed E-state index contributed by atoms with van der Waals surface area (Å²) in [4.78, 5) is 7.49. The zero-order valence-corrected chi connectivity index (χ0v) is 20.1. The molecule has 28 heavy (non-hydrogen) atoms. The third kappa shape index (κ3) is 5.82. The fourth-order valence-corrected chi connectivity index (χ4v) is 5.17. The first-order valence-electron chi connectivity index (χ1n) is 10.1. The molecule has 0 amide bonds. The van der Waals surface area contributed by atoms with Crippen molar-refractivity contribution in [3.63, 3.8) is 0 Å². The van der Waals surface area contributed by atoms with Crippen molar-refractivity contribution in [3.8, 4) is 0 Å². The lowest BCUT2D eigenvalue weighted by Gasteiger charge is -2.33. The number of benzene rings is 1. The summed E-state index contributed by atoms with van der Waals surface area (Å²) in [5, 5.41) is 3.38. The van der Waals surface area contributed by atoms with E-state index >= 15 is 0 Å². The molecule has 2 aliphatic heterocycles. The highest BCUT2D eigenvalue weighted by atomic mass is 127. The number of likely N-dealkylation sites (tertiary alicyclic amines) is 1. The number of hydrogen-bond acceptors (Lipinski definition) is 3. The van der Waals surface area contributed by atoms with Crippen molar-refractivity contribution < 1.29 is 8.42 Å². The number of rotatable bonds is 5. The highest BCUT2D eigenvalue weighted by Crippen LogP contribution is 2.21. The zero-order valence-electron chi connectivity index (χ0n) is 16.9. The van der Waals surface area contributed by atoms with Crippen LogP contribution in [-0.4, -0.2) is 56.3 Å². The molecule has 2 aliphatic rings. The maximum absolute atomic E-state index is 12.6. The number of piperidine rings is 1. The lowest BCUT2D eigenvalue weighted by Crippen LogP contribution is -2.45. The fourth-order valence-electron chi connectivity index (χ4n) is 3.66. The number of sulfonamides is 1. The van der Waals surface area contributed by atoms with Crippen LogP contribution in [-0.2, 0) is 16.6 Å². The minimum Gasteiger partial charge on any atom is -0.357 e. The van der Waals surface area contributed by atoms with E-state index in [0.717, 1.165) is 49.9 Å². The largest absolute Gasteiger partial charge is 0.357 e. The third-order valence-corrected chi connectivity index (χ3v) is 7.37. The maximum Gasteiger partial charge on any atom is 0.243 e. The van der Waals surface area contributed by atoms with Gasteiger partial charge in [-0.3, -0.25) is 0 Å². The average Bonchev–Trinajstić information content (AvgIpc) is 3.22. The molecular weight excluding hydrogens is 487 g/mol. The first-order valence-corrected chi connectivity index (χ1v) is 11.6. The maximum atomic E-state index is 12.6. The monoisotopic (exact) mass is 520 g/mol. The van der Waals surface area contributed by atoms with E-state index < -0.39 is 10.0 Å². The van der Waals surface area contributed by atoms with Crippen molar-refractivity contribution in [1.82, 2.24) is 14.5 Å². The van der Waals surface area contributed by atoms with Crippen LogP contribution in [0.3, 0.4) is 0 Å². The predicted molar refractivity (Wildman–Crippen MR) is 125 cm³/mol. The highest BCUT2D eigenvalue weighted by Gasteiger charge is 2.26. The van der Waals surface area contributed by atoms with Gasteiger partial charge in [0.15, 0.2) is 5.96 Å². The van der Waals surface area contributed by atoms with Crippen LogP contribution in [0.15, 0.2) is 34.2 Å². The molecule has 8 heteroatoms. The number of nitrogens with zero attached hydrogens (tertiary/aromatic N) is 3. The van der Waals surface area contributed by atoms with Gasteiger partial charge in [0.25, 0.3) is 0 Å². The number of hydrogen-bond donors (Lipinski definition) is 1. The summed E-state index contributed by atoms with van der Waals surface area (Å²) in [6, 6.07) is 7.20. The molecule has 1 aromatic carbocycles. The third-order valence-electron chi connectivity index (χ3n) is 5.46. The summed E-state index contributed by atoms with van der Waals surface area (Å²) in [6.45, 7) is 9.14. The van der Waals surface area contributed by atoms with Gasteiger partial charge in [-0.1, -0.05) is 19.1 Å². The predicted octanol–water partition coefficient (Wildman–Crippen LogP) is 3.29. The van der Waals surface area contributed by atoms with Gasteiger partial charge in [0.05, 0.1) is 11.4 Å². The van der Waals surface area contributed by atoms with Crippen LogP contribution in [0.5, 0.6) is 0 Å². The van der Waals surface area contributed by atoms with Crippen LogP contribution in [0.2, 0.25) is 0 Å². The van der Waals surface area contributed by atoms with Gasteiger partial charge in [0.1, 0.15) is 0 Å². The number of guanidine groups is 1. The molecule has 3 rings (SSSR count). The van der Waals surface area contributed by atoms with E-state index in [1.54, 1.807) is 16.4 Å². The summed E-state index contributed by atoms with van der Waals surface area (Å²) in [7, 11) is -3.34. The molecular formula is C20H33IN4O2S. The fraction of sp³-hybridized carbons (Fsp3) is 0.650.